The Hall–Kier alpha value is -2.26. The number of aromatic hydroxyl groups is 1. The maximum absolute atomic E-state index is 12.4. The molecule has 0 aliphatic carbocycles. The van der Waals surface area contributed by atoms with Gasteiger partial charge in [0.15, 0.2) is 5.58 Å². The van der Waals surface area contributed by atoms with E-state index in [0.717, 1.165) is 5.56 Å². The number of benzene rings is 2. The molecule has 0 spiro atoms. The molecule has 3 aromatic rings. The summed E-state index contributed by atoms with van der Waals surface area (Å²) in [6.45, 7) is 0. The molecule has 0 aliphatic heterocycles. The van der Waals surface area contributed by atoms with Crippen LogP contribution in [0.15, 0.2) is 57.9 Å². The van der Waals surface area contributed by atoms with Gasteiger partial charge in [-0.25, -0.2) is 0 Å². The van der Waals surface area contributed by atoms with Crippen LogP contribution >= 0.6 is 11.6 Å². The Labute approximate surface area is 113 Å². The average molecular weight is 273 g/mol. The Morgan fingerprint density at radius 1 is 1.05 bits per heavy atom. The highest BCUT2D eigenvalue weighted by atomic mass is 35.5. The normalized spacial score (nSPS) is 10.8. The molecule has 94 valence electrons. The number of phenols is 1. The second kappa shape index (κ2) is 4.44. The van der Waals surface area contributed by atoms with Crippen molar-refractivity contribution in [1.29, 1.82) is 0 Å². The summed E-state index contributed by atoms with van der Waals surface area (Å²) in [5.41, 5.74) is 1.28. The van der Waals surface area contributed by atoms with Crippen molar-refractivity contribution in [3.05, 3.63) is 64.0 Å². The monoisotopic (exact) mass is 272 g/mol. The van der Waals surface area contributed by atoms with Crippen molar-refractivity contribution < 1.29 is 9.52 Å². The second-order valence-electron chi connectivity index (χ2n) is 4.12. The van der Waals surface area contributed by atoms with E-state index in [2.05, 4.69) is 0 Å². The van der Waals surface area contributed by atoms with E-state index in [1.165, 1.54) is 18.4 Å². The third kappa shape index (κ3) is 1.88. The van der Waals surface area contributed by atoms with Crippen molar-refractivity contribution in [2.24, 2.45) is 0 Å². The molecule has 0 aliphatic rings. The van der Waals surface area contributed by atoms with Crippen molar-refractivity contribution >= 4 is 22.6 Å². The zero-order valence-electron chi connectivity index (χ0n) is 9.76. The fourth-order valence-corrected chi connectivity index (χ4v) is 2.18. The lowest BCUT2D eigenvalue weighted by molar-refractivity contribution is 0.474. The predicted molar refractivity (Wildman–Crippen MR) is 74.6 cm³/mol. The zero-order chi connectivity index (χ0) is 13.4. The van der Waals surface area contributed by atoms with Gasteiger partial charge in [-0.1, -0.05) is 41.9 Å². The van der Waals surface area contributed by atoms with Gasteiger partial charge in [0.05, 0.1) is 10.9 Å². The minimum Gasteiger partial charge on any atom is -0.506 e. The highest BCUT2D eigenvalue weighted by molar-refractivity contribution is 6.36. The van der Waals surface area contributed by atoms with Crippen LogP contribution in [-0.4, -0.2) is 5.11 Å². The van der Waals surface area contributed by atoms with E-state index in [1.807, 2.05) is 30.3 Å². The van der Waals surface area contributed by atoms with Crippen LogP contribution in [-0.2, 0) is 0 Å². The molecule has 19 heavy (non-hydrogen) atoms. The summed E-state index contributed by atoms with van der Waals surface area (Å²) in [4.78, 5) is 12.4. The Bertz CT molecular complexity index is 807. The number of fused-ring (bicyclic) bond motifs is 1. The van der Waals surface area contributed by atoms with Gasteiger partial charge < -0.3 is 9.52 Å². The Kier molecular flexibility index (Phi) is 2.76. The van der Waals surface area contributed by atoms with Crippen molar-refractivity contribution in [3.8, 4) is 16.9 Å². The summed E-state index contributed by atoms with van der Waals surface area (Å²) < 4.78 is 5.40. The molecule has 0 amide bonds. The van der Waals surface area contributed by atoms with E-state index in [1.54, 1.807) is 0 Å². The molecule has 1 N–H and O–H groups in total. The molecular weight excluding hydrogens is 264 g/mol. The van der Waals surface area contributed by atoms with Gasteiger partial charge in [0.25, 0.3) is 0 Å². The minimum absolute atomic E-state index is 0.0502. The molecule has 0 radical (unpaired) electrons. The zero-order valence-corrected chi connectivity index (χ0v) is 10.5. The van der Waals surface area contributed by atoms with Gasteiger partial charge in [0.1, 0.15) is 17.0 Å². The van der Waals surface area contributed by atoms with Crippen molar-refractivity contribution in [3.63, 3.8) is 0 Å². The van der Waals surface area contributed by atoms with Gasteiger partial charge in [-0.15, -0.1) is 0 Å². The first-order valence-corrected chi connectivity index (χ1v) is 6.04. The van der Waals surface area contributed by atoms with Crippen molar-refractivity contribution in [2.75, 3.05) is 0 Å². The molecule has 4 heteroatoms. The van der Waals surface area contributed by atoms with E-state index < -0.39 is 0 Å². The largest absolute Gasteiger partial charge is 0.506 e. The summed E-state index contributed by atoms with van der Waals surface area (Å²) in [5.74, 6) is -0.107. The fourth-order valence-electron chi connectivity index (χ4n) is 1.97. The molecule has 1 heterocycles. The van der Waals surface area contributed by atoms with Crippen LogP contribution in [0.25, 0.3) is 22.1 Å². The fraction of sp³-hybridized carbons (Fsp3) is 0. The summed E-state index contributed by atoms with van der Waals surface area (Å²) in [7, 11) is 0. The summed E-state index contributed by atoms with van der Waals surface area (Å²) in [6.07, 6.45) is 1.37. The van der Waals surface area contributed by atoms with Gasteiger partial charge in [0, 0.05) is 0 Å². The Balaban J connectivity index is 2.35. The molecule has 0 saturated heterocycles. The minimum atomic E-state index is -0.172. The predicted octanol–water partition coefficient (Wildman–Crippen LogP) is 3.82. The molecule has 0 atom stereocenters. The first-order chi connectivity index (χ1) is 9.18. The van der Waals surface area contributed by atoms with Crippen molar-refractivity contribution in [1.82, 2.24) is 0 Å². The van der Waals surface area contributed by atoms with E-state index >= 15 is 0 Å². The Morgan fingerprint density at radius 2 is 1.79 bits per heavy atom. The van der Waals surface area contributed by atoms with Gasteiger partial charge in [-0.2, -0.15) is 0 Å². The summed E-state index contributed by atoms with van der Waals surface area (Å²) in [5, 5.41) is 9.90. The van der Waals surface area contributed by atoms with Gasteiger partial charge in [-0.05, 0) is 17.7 Å². The summed E-state index contributed by atoms with van der Waals surface area (Å²) >= 11 is 5.91. The first kappa shape index (κ1) is 11.8. The highest BCUT2D eigenvalue weighted by Gasteiger charge is 2.13. The van der Waals surface area contributed by atoms with Crippen LogP contribution in [0.4, 0.5) is 0 Å². The quantitative estimate of drug-likeness (QED) is 0.733. The number of rotatable bonds is 1. The van der Waals surface area contributed by atoms with Crippen LogP contribution in [0.1, 0.15) is 0 Å². The third-order valence-corrected chi connectivity index (χ3v) is 3.31. The van der Waals surface area contributed by atoms with Crippen molar-refractivity contribution in [2.45, 2.75) is 0 Å². The number of phenolic OH excluding ortho intramolecular Hbond substituents is 1. The third-order valence-electron chi connectivity index (χ3n) is 2.95. The lowest BCUT2D eigenvalue weighted by Gasteiger charge is -2.04. The SMILES string of the molecule is O=c1c(-c2ccccc2)coc2c(Cl)c(O)ccc12. The standard InChI is InChI=1S/C15H9ClO3/c16-13-12(17)7-6-10-14(18)11(8-19-15(10)13)9-4-2-1-3-5-9/h1-8,17H. The lowest BCUT2D eigenvalue weighted by atomic mass is 10.1. The van der Waals surface area contributed by atoms with E-state index in [4.69, 9.17) is 16.0 Å². The Morgan fingerprint density at radius 3 is 2.53 bits per heavy atom. The highest BCUT2D eigenvalue weighted by Crippen LogP contribution is 2.31. The van der Waals surface area contributed by atoms with Crippen LogP contribution in [0, 0.1) is 0 Å². The first-order valence-electron chi connectivity index (χ1n) is 5.67. The molecule has 0 bridgehead atoms. The molecule has 0 unspecified atom stereocenters. The average Bonchev–Trinajstić information content (AvgIpc) is 2.44. The molecule has 0 fully saturated rings. The summed E-state index contributed by atoms with van der Waals surface area (Å²) in [6, 6.07) is 12.1. The number of hydrogen-bond acceptors (Lipinski definition) is 3. The number of hydrogen-bond donors (Lipinski definition) is 1. The van der Waals surface area contributed by atoms with Crippen LogP contribution in [0.5, 0.6) is 5.75 Å². The molecule has 3 rings (SSSR count). The van der Waals surface area contributed by atoms with Gasteiger partial charge in [0.2, 0.25) is 5.43 Å². The van der Waals surface area contributed by atoms with E-state index in [9.17, 15) is 9.90 Å². The van der Waals surface area contributed by atoms with Crippen LogP contribution < -0.4 is 5.43 Å². The van der Waals surface area contributed by atoms with Gasteiger partial charge in [-0.3, -0.25) is 4.79 Å². The second-order valence-corrected chi connectivity index (χ2v) is 4.50. The number of halogens is 1. The lowest BCUT2D eigenvalue weighted by Crippen LogP contribution is -2.04. The van der Waals surface area contributed by atoms with E-state index in [-0.39, 0.29) is 21.8 Å². The molecular formula is C15H9ClO3. The van der Waals surface area contributed by atoms with Crippen LogP contribution in [0.2, 0.25) is 5.02 Å². The smallest absolute Gasteiger partial charge is 0.200 e. The topological polar surface area (TPSA) is 50.4 Å². The van der Waals surface area contributed by atoms with Gasteiger partial charge >= 0.3 is 0 Å². The van der Waals surface area contributed by atoms with E-state index in [0.29, 0.717) is 10.9 Å². The molecule has 2 aromatic carbocycles. The molecule has 3 nitrogen and oxygen atoms in total. The molecule has 0 saturated carbocycles. The van der Waals surface area contributed by atoms with Crippen LogP contribution in [0.3, 0.4) is 0 Å². The molecule has 1 aromatic heterocycles. The maximum atomic E-state index is 12.4. The maximum Gasteiger partial charge on any atom is 0.200 e.